The molecule has 136 valence electrons. The molecule has 1 N–H and O–H groups in total. The molecule has 2 atom stereocenters. The zero-order chi connectivity index (χ0) is 16.4. The van der Waals surface area contributed by atoms with Crippen LogP contribution in [0.5, 0.6) is 0 Å². The van der Waals surface area contributed by atoms with Crippen molar-refractivity contribution < 1.29 is 4.79 Å². The summed E-state index contributed by atoms with van der Waals surface area (Å²) in [5.41, 5.74) is 0.389. The quantitative estimate of drug-likeness (QED) is 0.862. The Labute approximate surface area is 147 Å². The third-order valence-electron chi connectivity index (χ3n) is 7.13. The summed E-state index contributed by atoms with van der Waals surface area (Å²) in [5, 5.41) is 3.45. The highest BCUT2D eigenvalue weighted by Gasteiger charge is 2.58. The molecule has 0 aromatic rings. The lowest BCUT2D eigenvalue weighted by molar-refractivity contribution is -0.135. The Kier molecular flexibility index (Phi) is 5.14. The number of rotatable bonds is 3. The van der Waals surface area contributed by atoms with Gasteiger partial charge in [-0.2, -0.15) is 0 Å². The number of nitrogens with zero attached hydrogens (tertiary/aromatic N) is 2. The molecular weight excluding hydrogens is 298 g/mol. The van der Waals surface area contributed by atoms with Gasteiger partial charge in [-0.25, -0.2) is 0 Å². The van der Waals surface area contributed by atoms with Gasteiger partial charge in [0.2, 0.25) is 5.91 Å². The van der Waals surface area contributed by atoms with Crippen molar-refractivity contribution in [2.45, 2.75) is 57.8 Å². The van der Waals surface area contributed by atoms with Crippen LogP contribution in [0.1, 0.15) is 57.8 Å². The molecular formula is C20H35N3O. The Morgan fingerprint density at radius 2 is 1.75 bits per heavy atom. The first-order valence-corrected chi connectivity index (χ1v) is 10.5. The van der Waals surface area contributed by atoms with E-state index in [-0.39, 0.29) is 0 Å². The van der Waals surface area contributed by atoms with E-state index in [4.69, 9.17) is 0 Å². The predicted molar refractivity (Wildman–Crippen MR) is 96.9 cm³/mol. The third kappa shape index (κ3) is 3.65. The number of piperidine rings is 2. The van der Waals surface area contributed by atoms with Gasteiger partial charge in [-0.15, -0.1) is 0 Å². The lowest BCUT2D eigenvalue weighted by Crippen LogP contribution is -2.45. The third-order valence-corrected chi connectivity index (χ3v) is 7.13. The van der Waals surface area contributed by atoms with Crippen LogP contribution in [0.2, 0.25) is 0 Å². The maximum atomic E-state index is 13.0. The molecule has 1 aliphatic carbocycles. The fraction of sp³-hybridized carbons (Fsp3) is 0.950. The van der Waals surface area contributed by atoms with Gasteiger partial charge >= 0.3 is 0 Å². The average molecular weight is 334 g/mol. The van der Waals surface area contributed by atoms with Crippen LogP contribution >= 0.6 is 0 Å². The van der Waals surface area contributed by atoms with E-state index < -0.39 is 0 Å². The Morgan fingerprint density at radius 1 is 1.00 bits per heavy atom. The van der Waals surface area contributed by atoms with Crippen LogP contribution < -0.4 is 5.32 Å². The van der Waals surface area contributed by atoms with Crippen LogP contribution in [0.3, 0.4) is 0 Å². The van der Waals surface area contributed by atoms with Gasteiger partial charge in [0.1, 0.15) is 0 Å². The molecule has 4 heteroatoms. The summed E-state index contributed by atoms with van der Waals surface area (Å²) in [7, 11) is 0. The maximum absolute atomic E-state index is 13.0. The molecule has 24 heavy (non-hydrogen) atoms. The number of hydrogen-bond donors (Lipinski definition) is 1. The Bertz CT molecular complexity index is 438. The molecule has 2 unspecified atom stereocenters. The number of likely N-dealkylation sites (tertiary alicyclic amines) is 2. The average Bonchev–Trinajstić information content (AvgIpc) is 3.36. The van der Waals surface area contributed by atoms with Gasteiger partial charge in [0.05, 0.1) is 0 Å². The van der Waals surface area contributed by atoms with Gasteiger partial charge < -0.3 is 15.1 Å². The van der Waals surface area contributed by atoms with Gasteiger partial charge in [0, 0.05) is 25.6 Å². The molecule has 3 heterocycles. The normalized spacial score (nSPS) is 34.1. The molecule has 0 aromatic carbocycles. The molecule has 1 amide bonds. The first-order valence-electron chi connectivity index (χ1n) is 10.5. The van der Waals surface area contributed by atoms with E-state index in [1.165, 1.54) is 77.4 Å². The predicted octanol–water partition coefficient (Wildman–Crippen LogP) is 2.49. The van der Waals surface area contributed by atoms with Crippen molar-refractivity contribution in [1.29, 1.82) is 0 Å². The van der Waals surface area contributed by atoms with E-state index in [9.17, 15) is 4.79 Å². The molecule has 0 radical (unpaired) electrons. The Balaban J connectivity index is 1.29. The molecule has 4 rings (SSSR count). The summed E-state index contributed by atoms with van der Waals surface area (Å²) < 4.78 is 0. The van der Waals surface area contributed by atoms with Crippen LogP contribution in [0.4, 0.5) is 0 Å². The van der Waals surface area contributed by atoms with Crippen molar-refractivity contribution in [3.05, 3.63) is 0 Å². The van der Waals surface area contributed by atoms with Gasteiger partial charge in [-0.1, -0.05) is 12.8 Å². The fourth-order valence-electron chi connectivity index (χ4n) is 5.49. The molecule has 0 bridgehead atoms. The van der Waals surface area contributed by atoms with Crippen LogP contribution in [0.15, 0.2) is 0 Å². The smallest absolute Gasteiger partial charge is 0.226 e. The second-order valence-electron chi connectivity index (χ2n) is 8.88. The minimum atomic E-state index is 0.358. The molecule has 1 saturated carbocycles. The molecule has 1 spiro atoms. The number of nitrogens with one attached hydrogen (secondary N) is 1. The first kappa shape index (κ1) is 16.8. The van der Waals surface area contributed by atoms with E-state index >= 15 is 0 Å². The second kappa shape index (κ2) is 7.33. The highest BCUT2D eigenvalue weighted by Crippen LogP contribution is 2.59. The van der Waals surface area contributed by atoms with Crippen LogP contribution in [0, 0.1) is 17.3 Å². The van der Waals surface area contributed by atoms with E-state index in [2.05, 4.69) is 15.1 Å². The van der Waals surface area contributed by atoms with Crippen molar-refractivity contribution in [2.24, 2.45) is 17.3 Å². The highest BCUT2D eigenvalue weighted by molar-refractivity contribution is 5.82. The first-order chi connectivity index (χ1) is 11.8. The van der Waals surface area contributed by atoms with Crippen molar-refractivity contribution in [1.82, 2.24) is 15.1 Å². The number of carbonyl (C=O) groups excluding carboxylic acids is 1. The zero-order valence-corrected chi connectivity index (χ0v) is 15.3. The van der Waals surface area contributed by atoms with Gasteiger partial charge in [-0.05, 0) is 82.5 Å². The topological polar surface area (TPSA) is 35.6 Å². The van der Waals surface area contributed by atoms with Crippen molar-refractivity contribution in [3.63, 3.8) is 0 Å². The second-order valence-corrected chi connectivity index (χ2v) is 8.88. The lowest BCUT2D eigenvalue weighted by Gasteiger charge is -2.36. The lowest BCUT2D eigenvalue weighted by atomic mass is 9.91. The summed E-state index contributed by atoms with van der Waals surface area (Å²) in [6, 6.07) is 0. The van der Waals surface area contributed by atoms with Crippen LogP contribution in [-0.4, -0.2) is 61.5 Å². The van der Waals surface area contributed by atoms with Crippen LogP contribution in [-0.2, 0) is 4.79 Å². The zero-order valence-electron chi connectivity index (χ0n) is 15.3. The van der Waals surface area contributed by atoms with Gasteiger partial charge in [-0.3, -0.25) is 4.79 Å². The number of hydrogen-bond acceptors (Lipinski definition) is 3. The minimum Gasteiger partial charge on any atom is -0.342 e. The fourth-order valence-corrected chi connectivity index (χ4v) is 5.49. The van der Waals surface area contributed by atoms with Gasteiger partial charge in [0.25, 0.3) is 0 Å². The largest absolute Gasteiger partial charge is 0.342 e. The molecule has 4 nitrogen and oxygen atoms in total. The van der Waals surface area contributed by atoms with Crippen molar-refractivity contribution in [2.75, 3.05) is 45.8 Å². The van der Waals surface area contributed by atoms with E-state index in [0.717, 1.165) is 26.2 Å². The van der Waals surface area contributed by atoms with E-state index in [1.807, 2.05) is 0 Å². The number of carbonyl (C=O) groups is 1. The van der Waals surface area contributed by atoms with Crippen LogP contribution in [0.25, 0.3) is 0 Å². The summed E-state index contributed by atoms with van der Waals surface area (Å²) in [6.45, 7) is 8.05. The van der Waals surface area contributed by atoms with Crippen molar-refractivity contribution >= 4 is 5.91 Å². The summed E-state index contributed by atoms with van der Waals surface area (Å²) in [4.78, 5) is 17.9. The van der Waals surface area contributed by atoms with Crippen molar-refractivity contribution in [3.8, 4) is 0 Å². The monoisotopic (exact) mass is 333 g/mol. The SMILES string of the molecule is O=C(C1CC12CCNCC2)N1CCCC(CN2CCCCCC2)C1. The number of amides is 1. The minimum absolute atomic E-state index is 0.358. The molecule has 3 saturated heterocycles. The van der Waals surface area contributed by atoms with E-state index in [0.29, 0.717) is 23.2 Å². The standard InChI is InChI=1S/C20H35N3O/c24-19(18-14-20(18)7-9-21-10-8-20)23-13-5-6-17(16-23)15-22-11-3-1-2-4-12-22/h17-18,21H,1-16H2. The molecule has 4 aliphatic rings. The highest BCUT2D eigenvalue weighted by atomic mass is 16.2. The molecule has 4 fully saturated rings. The maximum Gasteiger partial charge on any atom is 0.226 e. The summed E-state index contributed by atoms with van der Waals surface area (Å²) in [6.07, 6.45) is 11.7. The molecule has 0 aromatic heterocycles. The Hall–Kier alpha value is -0.610. The molecule has 3 aliphatic heterocycles. The van der Waals surface area contributed by atoms with Gasteiger partial charge in [0.15, 0.2) is 0 Å². The van der Waals surface area contributed by atoms with E-state index in [1.54, 1.807) is 0 Å². The Morgan fingerprint density at radius 3 is 2.50 bits per heavy atom. The summed E-state index contributed by atoms with van der Waals surface area (Å²) in [5.74, 6) is 1.57. The summed E-state index contributed by atoms with van der Waals surface area (Å²) >= 11 is 0.